The molecule has 0 radical (unpaired) electrons. The number of hydrogen-bond donors (Lipinski definition) is 2. The standard InChI is InChI=1S/C12H17NO3S/c1-7(2)9(6-11(14)15)13-12(16)10-5-4-8(3)17-10/h4-5,7,9H,6H2,1-3H3,(H,13,16)(H,14,15). The van der Waals surface area contributed by atoms with Gasteiger partial charge in [-0.15, -0.1) is 11.3 Å². The molecule has 4 nitrogen and oxygen atoms in total. The third-order valence-corrected chi connectivity index (χ3v) is 3.48. The molecule has 17 heavy (non-hydrogen) atoms. The second-order valence-electron chi connectivity index (χ2n) is 4.33. The Labute approximate surface area is 105 Å². The van der Waals surface area contributed by atoms with Crippen molar-refractivity contribution >= 4 is 23.2 Å². The summed E-state index contributed by atoms with van der Waals surface area (Å²) in [5.41, 5.74) is 0. The minimum absolute atomic E-state index is 0.0479. The first-order valence-electron chi connectivity index (χ1n) is 5.49. The molecule has 1 amide bonds. The van der Waals surface area contributed by atoms with Crippen LogP contribution in [-0.4, -0.2) is 23.0 Å². The van der Waals surface area contributed by atoms with Gasteiger partial charge >= 0.3 is 5.97 Å². The topological polar surface area (TPSA) is 66.4 Å². The second-order valence-corrected chi connectivity index (χ2v) is 5.62. The molecular formula is C12H17NO3S. The molecule has 1 atom stereocenters. The number of aliphatic carboxylic acids is 1. The Kier molecular flexibility index (Phi) is 4.69. The number of rotatable bonds is 5. The Morgan fingerprint density at radius 3 is 2.47 bits per heavy atom. The average Bonchev–Trinajstić information content (AvgIpc) is 2.63. The van der Waals surface area contributed by atoms with Gasteiger partial charge in [-0.2, -0.15) is 0 Å². The summed E-state index contributed by atoms with van der Waals surface area (Å²) in [6.45, 7) is 5.72. The van der Waals surface area contributed by atoms with Crippen LogP contribution in [0.15, 0.2) is 12.1 Å². The van der Waals surface area contributed by atoms with Crippen molar-refractivity contribution in [2.75, 3.05) is 0 Å². The third-order valence-electron chi connectivity index (χ3n) is 2.48. The Bertz CT molecular complexity index is 412. The van der Waals surface area contributed by atoms with E-state index in [1.165, 1.54) is 11.3 Å². The molecule has 2 N–H and O–H groups in total. The molecule has 0 saturated heterocycles. The minimum atomic E-state index is -0.897. The van der Waals surface area contributed by atoms with Crippen molar-refractivity contribution in [3.8, 4) is 0 Å². The van der Waals surface area contributed by atoms with Gasteiger partial charge in [-0.3, -0.25) is 9.59 Å². The summed E-state index contributed by atoms with van der Waals surface area (Å²) in [6, 6.07) is 3.30. The fraction of sp³-hybridized carbons (Fsp3) is 0.500. The molecule has 0 aliphatic heterocycles. The van der Waals surface area contributed by atoms with Gasteiger partial charge in [-0.1, -0.05) is 13.8 Å². The van der Waals surface area contributed by atoms with Gasteiger partial charge in [-0.25, -0.2) is 0 Å². The van der Waals surface area contributed by atoms with Crippen LogP contribution in [0, 0.1) is 12.8 Å². The Morgan fingerprint density at radius 2 is 2.06 bits per heavy atom. The Balaban J connectivity index is 2.67. The van der Waals surface area contributed by atoms with Crippen LogP contribution in [0.2, 0.25) is 0 Å². The van der Waals surface area contributed by atoms with Crippen molar-refractivity contribution in [3.63, 3.8) is 0 Å². The maximum Gasteiger partial charge on any atom is 0.305 e. The molecule has 0 aliphatic rings. The summed E-state index contributed by atoms with van der Waals surface area (Å²) < 4.78 is 0. The first kappa shape index (κ1) is 13.7. The monoisotopic (exact) mass is 255 g/mol. The van der Waals surface area contributed by atoms with Crippen molar-refractivity contribution in [3.05, 3.63) is 21.9 Å². The smallest absolute Gasteiger partial charge is 0.305 e. The molecule has 1 rings (SSSR count). The van der Waals surface area contributed by atoms with Crippen LogP contribution in [0.3, 0.4) is 0 Å². The maximum absolute atomic E-state index is 11.9. The van der Waals surface area contributed by atoms with E-state index in [2.05, 4.69) is 5.32 Å². The molecule has 0 saturated carbocycles. The maximum atomic E-state index is 11.9. The molecule has 1 unspecified atom stereocenters. The predicted octanol–water partition coefficient (Wildman–Crippen LogP) is 2.29. The molecule has 0 aliphatic carbocycles. The Hall–Kier alpha value is -1.36. The lowest BCUT2D eigenvalue weighted by Gasteiger charge is -2.20. The number of carbonyl (C=O) groups is 2. The van der Waals surface area contributed by atoms with Gasteiger partial charge in [-0.05, 0) is 25.0 Å². The number of thiophene rings is 1. The van der Waals surface area contributed by atoms with Gasteiger partial charge < -0.3 is 10.4 Å². The summed E-state index contributed by atoms with van der Waals surface area (Å²) in [5.74, 6) is -0.995. The van der Waals surface area contributed by atoms with Crippen LogP contribution in [0.25, 0.3) is 0 Å². The fourth-order valence-corrected chi connectivity index (χ4v) is 2.21. The first-order chi connectivity index (χ1) is 7.90. The molecule has 0 spiro atoms. The van der Waals surface area contributed by atoms with Crippen LogP contribution >= 0.6 is 11.3 Å². The van der Waals surface area contributed by atoms with Gasteiger partial charge in [0.2, 0.25) is 0 Å². The predicted molar refractivity (Wildman–Crippen MR) is 67.4 cm³/mol. The number of carboxylic acids is 1. The van der Waals surface area contributed by atoms with E-state index in [9.17, 15) is 9.59 Å². The molecule has 0 fully saturated rings. The van der Waals surface area contributed by atoms with Crippen molar-refractivity contribution in [1.29, 1.82) is 0 Å². The van der Waals surface area contributed by atoms with Gasteiger partial charge in [0.15, 0.2) is 0 Å². The molecular weight excluding hydrogens is 238 g/mol. The minimum Gasteiger partial charge on any atom is -0.481 e. The van der Waals surface area contributed by atoms with E-state index in [1.54, 1.807) is 6.07 Å². The van der Waals surface area contributed by atoms with E-state index in [4.69, 9.17) is 5.11 Å². The molecule has 1 aromatic rings. The zero-order valence-corrected chi connectivity index (χ0v) is 11.0. The summed E-state index contributed by atoms with van der Waals surface area (Å²) in [4.78, 5) is 24.2. The van der Waals surface area contributed by atoms with Gasteiger partial charge in [0.1, 0.15) is 0 Å². The van der Waals surface area contributed by atoms with Crippen molar-refractivity contribution in [2.45, 2.75) is 33.2 Å². The molecule has 94 valence electrons. The second kappa shape index (κ2) is 5.82. The largest absolute Gasteiger partial charge is 0.481 e. The summed E-state index contributed by atoms with van der Waals surface area (Å²) >= 11 is 1.41. The summed E-state index contributed by atoms with van der Waals surface area (Å²) in [7, 11) is 0. The number of carboxylic acid groups (broad SMARTS) is 1. The lowest BCUT2D eigenvalue weighted by Crippen LogP contribution is -2.39. The molecule has 1 aromatic heterocycles. The number of amides is 1. The highest BCUT2D eigenvalue weighted by Gasteiger charge is 2.20. The van der Waals surface area contributed by atoms with Gasteiger partial charge in [0.25, 0.3) is 5.91 Å². The van der Waals surface area contributed by atoms with Crippen molar-refractivity contribution in [1.82, 2.24) is 5.32 Å². The normalized spacial score (nSPS) is 12.5. The summed E-state index contributed by atoms with van der Waals surface area (Å²) in [6.07, 6.45) is -0.0479. The average molecular weight is 255 g/mol. The SMILES string of the molecule is Cc1ccc(C(=O)NC(CC(=O)O)C(C)C)s1. The van der Waals surface area contributed by atoms with E-state index < -0.39 is 5.97 Å². The number of hydrogen-bond acceptors (Lipinski definition) is 3. The van der Waals surface area contributed by atoms with Gasteiger partial charge in [0.05, 0.1) is 11.3 Å². The van der Waals surface area contributed by atoms with Gasteiger partial charge in [0, 0.05) is 10.9 Å². The lowest BCUT2D eigenvalue weighted by atomic mass is 10.0. The van der Waals surface area contributed by atoms with Crippen LogP contribution in [-0.2, 0) is 4.79 Å². The number of nitrogens with one attached hydrogen (secondary N) is 1. The van der Waals surface area contributed by atoms with E-state index in [0.29, 0.717) is 4.88 Å². The van der Waals surface area contributed by atoms with Crippen LogP contribution in [0.4, 0.5) is 0 Å². The number of aryl methyl sites for hydroxylation is 1. The van der Waals surface area contributed by atoms with E-state index in [1.807, 2.05) is 26.8 Å². The Morgan fingerprint density at radius 1 is 1.41 bits per heavy atom. The van der Waals surface area contributed by atoms with E-state index >= 15 is 0 Å². The van der Waals surface area contributed by atoms with Crippen LogP contribution < -0.4 is 5.32 Å². The highest BCUT2D eigenvalue weighted by Crippen LogP contribution is 2.16. The van der Waals surface area contributed by atoms with Crippen molar-refractivity contribution in [2.24, 2.45) is 5.92 Å². The molecule has 0 bridgehead atoms. The van der Waals surface area contributed by atoms with Crippen LogP contribution in [0.1, 0.15) is 34.8 Å². The summed E-state index contributed by atoms with van der Waals surface area (Å²) in [5, 5.41) is 11.5. The molecule has 5 heteroatoms. The highest BCUT2D eigenvalue weighted by atomic mass is 32.1. The highest BCUT2D eigenvalue weighted by molar-refractivity contribution is 7.13. The lowest BCUT2D eigenvalue weighted by molar-refractivity contribution is -0.137. The van der Waals surface area contributed by atoms with E-state index in [0.717, 1.165) is 4.88 Å². The molecule has 1 heterocycles. The number of carbonyl (C=O) groups excluding carboxylic acids is 1. The zero-order chi connectivity index (χ0) is 13.0. The third kappa shape index (κ3) is 4.19. The quantitative estimate of drug-likeness (QED) is 0.848. The fourth-order valence-electron chi connectivity index (χ4n) is 1.44. The molecule has 0 aromatic carbocycles. The van der Waals surface area contributed by atoms with Crippen LogP contribution in [0.5, 0.6) is 0 Å². The van der Waals surface area contributed by atoms with E-state index in [-0.39, 0.29) is 24.3 Å². The first-order valence-corrected chi connectivity index (χ1v) is 6.31. The zero-order valence-electron chi connectivity index (χ0n) is 10.2. The van der Waals surface area contributed by atoms with Crippen molar-refractivity contribution < 1.29 is 14.7 Å².